The molecule has 2 fully saturated rings. The van der Waals surface area contributed by atoms with Crippen LogP contribution in [0.1, 0.15) is 6.42 Å². The molecule has 9 heteroatoms. The molecule has 4 N–H and O–H groups in total. The maximum Gasteiger partial charge on any atom is 0.225 e. The number of amides is 1. The van der Waals surface area contributed by atoms with Gasteiger partial charge in [0.25, 0.3) is 0 Å². The third-order valence-corrected chi connectivity index (χ3v) is 5.46. The van der Waals surface area contributed by atoms with Crippen molar-refractivity contribution in [3.8, 4) is 0 Å². The number of nitrogens with zero attached hydrogens (tertiary/aromatic N) is 2. The summed E-state index contributed by atoms with van der Waals surface area (Å²) in [6, 6.07) is 4.77. The molecule has 1 saturated heterocycles. The van der Waals surface area contributed by atoms with Crippen LogP contribution in [0.15, 0.2) is 24.3 Å². The molecule has 1 aromatic rings. The largest absolute Gasteiger partial charge is 0.390 e. The number of anilines is 1. The lowest BCUT2D eigenvalue weighted by atomic mass is 9.77. The highest BCUT2D eigenvalue weighted by Gasteiger charge is 2.53. The second-order valence-electron chi connectivity index (χ2n) is 7.31. The van der Waals surface area contributed by atoms with E-state index in [1.165, 1.54) is 12.1 Å². The van der Waals surface area contributed by atoms with Crippen LogP contribution in [0.2, 0.25) is 0 Å². The first-order valence-electron chi connectivity index (χ1n) is 8.93. The summed E-state index contributed by atoms with van der Waals surface area (Å²) in [7, 11) is 3.83. The molecular weight excluding hydrogens is 371 g/mol. The van der Waals surface area contributed by atoms with Crippen LogP contribution in [0.3, 0.4) is 0 Å². The Kier molecular flexibility index (Phi) is 5.95. The van der Waals surface area contributed by atoms with Gasteiger partial charge in [0.2, 0.25) is 5.91 Å². The molecule has 1 saturated carbocycles. The maximum atomic E-state index is 13.3. The van der Waals surface area contributed by atoms with Crippen molar-refractivity contribution >= 4 is 28.9 Å². The van der Waals surface area contributed by atoms with E-state index in [9.17, 15) is 19.4 Å². The number of halogens is 1. The Morgan fingerprint density at radius 2 is 2.04 bits per heavy atom. The van der Waals surface area contributed by atoms with Gasteiger partial charge in [-0.15, -0.1) is 0 Å². The van der Waals surface area contributed by atoms with Gasteiger partial charge in [0.05, 0.1) is 24.1 Å². The van der Waals surface area contributed by atoms with Crippen molar-refractivity contribution in [2.75, 3.05) is 32.1 Å². The van der Waals surface area contributed by atoms with Gasteiger partial charge < -0.3 is 30.6 Å². The Morgan fingerprint density at radius 1 is 1.37 bits per heavy atom. The molecule has 27 heavy (non-hydrogen) atoms. The van der Waals surface area contributed by atoms with Crippen molar-refractivity contribution in [2.24, 2.45) is 5.92 Å². The number of hydrogen-bond acceptors (Lipinski definition) is 5. The minimum atomic E-state index is -1.05. The molecule has 2 aliphatic rings. The lowest BCUT2D eigenvalue weighted by Gasteiger charge is -2.41. The summed E-state index contributed by atoms with van der Waals surface area (Å²) in [5, 5.41) is 26.9. The number of aliphatic hydroxyl groups is 2. The fourth-order valence-corrected chi connectivity index (χ4v) is 4.14. The number of nitrogens with one attached hydrogen (secondary N) is 2. The molecule has 5 atom stereocenters. The SMILES string of the molecule is CN(C)CCNC(=O)[C@@H]1C[C@@H](O)[C@H](O)[C@@H]2NC(=S)N(c3ccc(F)cc3)[C@@H]21. The molecule has 7 nitrogen and oxygen atoms in total. The highest BCUT2D eigenvalue weighted by atomic mass is 32.1. The second kappa shape index (κ2) is 8.05. The van der Waals surface area contributed by atoms with Crippen molar-refractivity contribution < 1.29 is 19.4 Å². The number of aliphatic hydroxyl groups excluding tert-OH is 2. The highest BCUT2D eigenvalue weighted by Crippen LogP contribution is 2.36. The predicted molar refractivity (Wildman–Crippen MR) is 104 cm³/mol. The van der Waals surface area contributed by atoms with Crippen LogP contribution in [0.25, 0.3) is 0 Å². The third-order valence-electron chi connectivity index (χ3n) is 5.14. The molecule has 1 heterocycles. The first-order chi connectivity index (χ1) is 12.8. The molecular formula is C18H25FN4O3S. The Hall–Kier alpha value is -1.81. The first-order valence-corrected chi connectivity index (χ1v) is 9.34. The summed E-state index contributed by atoms with van der Waals surface area (Å²) in [5.74, 6) is -1.14. The first kappa shape index (κ1) is 19.9. The van der Waals surface area contributed by atoms with Gasteiger partial charge in [-0.05, 0) is 57.0 Å². The zero-order chi connectivity index (χ0) is 19.7. The van der Waals surface area contributed by atoms with Gasteiger partial charge in [0.1, 0.15) is 11.9 Å². The van der Waals surface area contributed by atoms with Gasteiger partial charge in [-0.25, -0.2) is 4.39 Å². The molecule has 1 amide bonds. The van der Waals surface area contributed by atoms with E-state index >= 15 is 0 Å². The standard InChI is InChI=1S/C18H25FN4O3S/c1-22(2)8-7-20-17(26)12-9-13(24)16(25)14-15(12)23(18(27)21-14)11-5-3-10(19)4-6-11/h3-6,12-16,24-25H,7-9H2,1-2H3,(H,20,26)(H,21,27)/t12-,13-,14-,15-,16+/m1/s1. The van der Waals surface area contributed by atoms with Gasteiger partial charge >= 0.3 is 0 Å². The molecule has 0 aromatic heterocycles. The number of likely N-dealkylation sites (N-methyl/N-ethyl adjacent to an activating group) is 1. The van der Waals surface area contributed by atoms with Crippen LogP contribution in [-0.2, 0) is 4.79 Å². The van der Waals surface area contributed by atoms with E-state index in [2.05, 4.69) is 10.6 Å². The van der Waals surface area contributed by atoms with Crippen LogP contribution in [0.4, 0.5) is 10.1 Å². The van der Waals surface area contributed by atoms with Crippen LogP contribution in [-0.4, -0.2) is 77.6 Å². The zero-order valence-corrected chi connectivity index (χ0v) is 16.1. The lowest BCUT2D eigenvalue weighted by molar-refractivity contribution is -0.131. The molecule has 0 spiro atoms. The average Bonchev–Trinajstić information content (AvgIpc) is 2.96. The van der Waals surface area contributed by atoms with Crippen LogP contribution < -0.4 is 15.5 Å². The molecule has 1 aromatic carbocycles. The fourth-order valence-electron chi connectivity index (χ4n) is 3.78. The molecule has 148 valence electrons. The number of thiocarbonyl (C=S) groups is 1. The van der Waals surface area contributed by atoms with E-state index < -0.39 is 30.2 Å². The monoisotopic (exact) mass is 396 g/mol. The molecule has 1 aliphatic carbocycles. The summed E-state index contributed by atoms with van der Waals surface area (Å²) in [5.41, 5.74) is 0.635. The van der Waals surface area contributed by atoms with Crippen LogP contribution in [0, 0.1) is 11.7 Å². The Morgan fingerprint density at radius 3 is 2.67 bits per heavy atom. The van der Waals surface area contributed by atoms with Gasteiger partial charge in [-0.3, -0.25) is 4.79 Å². The van der Waals surface area contributed by atoms with Gasteiger partial charge in [-0.2, -0.15) is 0 Å². The van der Waals surface area contributed by atoms with Gasteiger partial charge in [0.15, 0.2) is 5.11 Å². The minimum Gasteiger partial charge on any atom is -0.390 e. The number of benzene rings is 1. The van der Waals surface area contributed by atoms with Crippen LogP contribution >= 0.6 is 12.2 Å². The van der Waals surface area contributed by atoms with E-state index in [-0.39, 0.29) is 18.1 Å². The topological polar surface area (TPSA) is 88.1 Å². The maximum absolute atomic E-state index is 13.3. The lowest BCUT2D eigenvalue weighted by Crippen LogP contribution is -2.61. The van der Waals surface area contributed by atoms with Crippen molar-refractivity contribution in [3.05, 3.63) is 30.1 Å². The Bertz CT molecular complexity index is 702. The normalized spacial score (nSPS) is 30.2. The molecule has 3 rings (SSSR count). The van der Waals surface area contributed by atoms with E-state index in [0.717, 1.165) is 0 Å². The molecule has 0 unspecified atom stereocenters. The number of carbonyl (C=O) groups excluding carboxylic acids is 1. The summed E-state index contributed by atoms with van der Waals surface area (Å²) >= 11 is 5.41. The van der Waals surface area contributed by atoms with E-state index in [0.29, 0.717) is 23.9 Å². The van der Waals surface area contributed by atoms with Crippen molar-refractivity contribution in [3.63, 3.8) is 0 Å². The van der Waals surface area contributed by atoms with E-state index in [1.807, 2.05) is 19.0 Å². The number of fused-ring (bicyclic) bond motifs is 1. The summed E-state index contributed by atoms with van der Waals surface area (Å²) in [6.07, 6.45) is -1.96. The quantitative estimate of drug-likeness (QED) is 0.507. The van der Waals surface area contributed by atoms with Crippen molar-refractivity contribution in [2.45, 2.75) is 30.7 Å². The molecule has 0 radical (unpaired) electrons. The van der Waals surface area contributed by atoms with Crippen molar-refractivity contribution in [1.82, 2.24) is 15.5 Å². The average molecular weight is 396 g/mol. The van der Waals surface area contributed by atoms with Gasteiger partial charge in [-0.1, -0.05) is 0 Å². The Balaban J connectivity index is 1.87. The summed E-state index contributed by atoms with van der Waals surface area (Å²) in [4.78, 5) is 16.5. The van der Waals surface area contributed by atoms with E-state index in [4.69, 9.17) is 12.2 Å². The fraction of sp³-hybridized carbons (Fsp3) is 0.556. The second-order valence-corrected chi connectivity index (χ2v) is 7.69. The summed E-state index contributed by atoms with van der Waals surface area (Å²) < 4.78 is 13.3. The van der Waals surface area contributed by atoms with Gasteiger partial charge in [0, 0.05) is 18.8 Å². The number of hydrogen-bond donors (Lipinski definition) is 4. The van der Waals surface area contributed by atoms with Crippen molar-refractivity contribution in [1.29, 1.82) is 0 Å². The smallest absolute Gasteiger partial charge is 0.225 e. The van der Waals surface area contributed by atoms with E-state index in [1.54, 1.807) is 17.0 Å². The van der Waals surface area contributed by atoms with Crippen LogP contribution in [0.5, 0.6) is 0 Å². The summed E-state index contributed by atoms with van der Waals surface area (Å²) in [6.45, 7) is 1.17. The zero-order valence-electron chi connectivity index (χ0n) is 15.3. The molecule has 0 bridgehead atoms. The number of carbonyl (C=O) groups is 1. The molecule has 1 aliphatic heterocycles. The third kappa shape index (κ3) is 4.06. The number of rotatable bonds is 5. The Labute approximate surface area is 163 Å². The minimum absolute atomic E-state index is 0.123. The predicted octanol–water partition coefficient (Wildman–Crippen LogP) is -0.323. The highest BCUT2D eigenvalue weighted by molar-refractivity contribution is 7.80.